The van der Waals surface area contributed by atoms with Gasteiger partial charge in [-0.3, -0.25) is 14.3 Å². The smallest absolute Gasteiger partial charge is 0.234 e. The van der Waals surface area contributed by atoms with Crippen molar-refractivity contribution in [2.24, 2.45) is 0 Å². The highest BCUT2D eigenvalue weighted by Gasteiger charge is 2.15. The highest BCUT2D eigenvalue weighted by molar-refractivity contribution is 7.99. The molecule has 4 rings (SSSR count). The topological polar surface area (TPSA) is 72.3 Å². The molecule has 1 aromatic heterocycles. The Hall–Kier alpha value is -2.68. The summed E-state index contributed by atoms with van der Waals surface area (Å²) >= 11 is 1.38. The van der Waals surface area contributed by atoms with E-state index in [4.69, 9.17) is 4.74 Å². The fraction of sp³-hybridized carbons (Fsp3) is 0.348. The van der Waals surface area contributed by atoms with Gasteiger partial charge in [0.1, 0.15) is 5.82 Å². The van der Waals surface area contributed by atoms with Crippen LogP contribution >= 0.6 is 11.8 Å². The SMILES string of the molecule is Cc1ccccc1-n1c(C)nnc1SCC(=O)Nc1ccc(CN2CCOCC2)cc1. The van der Waals surface area contributed by atoms with Gasteiger partial charge in [0.05, 0.1) is 24.7 Å². The van der Waals surface area contributed by atoms with Crippen LogP contribution < -0.4 is 5.32 Å². The van der Waals surface area contributed by atoms with E-state index in [1.807, 2.05) is 41.8 Å². The van der Waals surface area contributed by atoms with Crippen LogP contribution in [-0.4, -0.2) is 57.6 Å². The molecule has 0 atom stereocenters. The van der Waals surface area contributed by atoms with Crippen LogP contribution in [0.1, 0.15) is 17.0 Å². The molecule has 0 unspecified atom stereocenters. The van der Waals surface area contributed by atoms with Crippen LogP contribution in [0, 0.1) is 13.8 Å². The molecule has 31 heavy (non-hydrogen) atoms. The van der Waals surface area contributed by atoms with Gasteiger partial charge < -0.3 is 10.1 Å². The zero-order chi connectivity index (χ0) is 21.6. The number of carbonyl (C=O) groups is 1. The number of anilines is 1. The van der Waals surface area contributed by atoms with Gasteiger partial charge in [0.2, 0.25) is 5.91 Å². The normalized spacial score (nSPS) is 14.5. The fourth-order valence-corrected chi connectivity index (χ4v) is 4.36. The Labute approximate surface area is 186 Å². The van der Waals surface area contributed by atoms with Gasteiger partial charge in [-0.15, -0.1) is 10.2 Å². The molecule has 1 aliphatic heterocycles. The lowest BCUT2D eigenvalue weighted by molar-refractivity contribution is -0.113. The van der Waals surface area contributed by atoms with Gasteiger partial charge in [-0.25, -0.2) is 0 Å². The molecule has 3 aromatic rings. The molecule has 162 valence electrons. The van der Waals surface area contributed by atoms with Gasteiger partial charge in [0.15, 0.2) is 5.16 Å². The summed E-state index contributed by atoms with van der Waals surface area (Å²) in [7, 11) is 0. The van der Waals surface area contributed by atoms with Gasteiger partial charge >= 0.3 is 0 Å². The standard InChI is InChI=1S/C23H27N5O2S/c1-17-5-3-4-6-21(17)28-18(2)25-26-23(28)31-16-22(29)24-20-9-7-19(8-10-20)15-27-11-13-30-14-12-27/h3-10H,11-16H2,1-2H3,(H,24,29). The summed E-state index contributed by atoms with van der Waals surface area (Å²) in [4.78, 5) is 14.9. The number of hydrogen-bond acceptors (Lipinski definition) is 6. The van der Waals surface area contributed by atoms with E-state index in [0.29, 0.717) is 5.16 Å². The maximum atomic E-state index is 12.5. The predicted molar refractivity (Wildman–Crippen MR) is 123 cm³/mol. The molecule has 0 bridgehead atoms. The van der Waals surface area contributed by atoms with Gasteiger partial charge in [-0.05, 0) is 43.2 Å². The number of para-hydroxylation sites is 1. The van der Waals surface area contributed by atoms with Crippen LogP contribution in [-0.2, 0) is 16.1 Å². The Morgan fingerprint density at radius 1 is 1.06 bits per heavy atom. The number of aromatic nitrogens is 3. The molecular formula is C23H27N5O2S. The summed E-state index contributed by atoms with van der Waals surface area (Å²) in [5, 5.41) is 12.1. The van der Waals surface area contributed by atoms with Crippen molar-refractivity contribution in [2.75, 3.05) is 37.4 Å². The lowest BCUT2D eigenvalue weighted by Crippen LogP contribution is -2.35. The third-order valence-electron chi connectivity index (χ3n) is 5.23. The molecule has 1 N–H and O–H groups in total. The summed E-state index contributed by atoms with van der Waals surface area (Å²) in [6, 6.07) is 16.1. The summed E-state index contributed by atoms with van der Waals surface area (Å²) in [5.41, 5.74) is 4.20. The van der Waals surface area contributed by atoms with Crippen LogP contribution in [0.5, 0.6) is 0 Å². The van der Waals surface area contributed by atoms with Gasteiger partial charge in [0, 0.05) is 25.3 Å². The van der Waals surface area contributed by atoms with Crippen molar-refractivity contribution in [3.05, 3.63) is 65.5 Å². The summed E-state index contributed by atoms with van der Waals surface area (Å²) < 4.78 is 7.39. The third-order valence-corrected chi connectivity index (χ3v) is 6.16. The second-order valence-corrected chi connectivity index (χ2v) is 8.52. The lowest BCUT2D eigenvalue weighted by atomic mass is 10.2. The number of hydrogen-bond donors (Lipinski definition) is 1. The Bertz CT molecular complexity index is 1030. The number of amides is 1. The number of ether oxygens (including phenoxy) is 1. The quantitative estimate of drug-likeness (QED) is 0.571. The zero-order valence-electron chi connectivity index (χ0n) is 17.9. The molecule has 2 aromatic carbocycles. The number of nitrogens with zero attached hydrogens (tertiary/aromatic N) is 4. The maximum Gasteiger partial charge on any atom is 0.234 e. The Morgan fingerprint density at radius 3 is 2.55 bits per heavy atom. The van der Waals surface area contributed by atoms with E-state index in [9.17, 15) is 4.79 Å². The zero-order valence-corrected chi connectivity index (χ0v) is 18.7. The van der Waals surface area contributed by atoms with E-state index < -0.39 is 0 Å². The van der Waals surface area contributed by atoms with E-state index in [0.717, 1.165) is 55.6 Å². The molecule has 0 aliphatic carbocycles. The summed E-state index contributed by atoms with van der Waals surface area (Å²) in [6.45, 7) is 8.39. The van der Waals surface area contributed by atoms with Crippen LogP contribution in [0.3, 0.4) is 0 Å². The molecule has 1 fully saturated rings. The van der Waals surface area contributed by atoms with Crippen LogP contribution in [0.25, 0.3) is 5.69 Å². The number of rotatable bonds is 7. The molecule has 0 saturated carbocycles. The molecule has 1 aliphatic rings. The van der Waals surface area contributed by atoms with Crippen LogP contribution in [0.15, 0.2) is 53.7 Å². The Morgan fingerprint density at radius 2 is 1.81 bits per heavy atom. The second-order valence-electron chi connectivity index (χ2n) is 7.57. The van der Waals surface area contributed by atoms with Crippen LogP contribution in [0.2, 0.25) is 0 Å². The minimum absolute atomic E-state index is 0.0667. The van der Waals surface area contributed by atoms with E-state index in [-0.39, 0.29) is 11.7 Å². The monoisotopic (exact) mass is 437 g/mol. The molecule has 1 amide bonds. The number of nitrogens with one attached hydrogen (secondary N) is 1. The first-order valence-corrected chi connectivity index (χ1v) is 11.4. The van der Waals surface area contributed by atoms with Crippen molar-refractivity contribution in [1.29, 1.82) is 0 Å². The van der Waals surface area contributed by atoms with Crippen molar-refractivity contribution < 1.29 is 9.53 Å². The van der Waals surface area contributed by atoms with Gasteiger partial charge in [-0.2, -0.15) is 0 Å². The van der Waals surface area contributed by atoms with Crippen molar-refractivity contribution in [2.45, 2.75) is 25.5 Å². The minimum atomic E-state index is -0.0667. The average molecular weight is 438 g/mol. The van der Waals surface area contributed by atoms with E-state index in [2.05, 4.69) is 45.5 Å². The highest BCUT2D eigenvalue weighted by atomic mass is 32.2. The molecule has 1 saturated heterocycles. The van der Waals surface area contributed by atoms with E-state index in [1.165, 1.54) is 17.3 Å². The number of thioether (sulfide) groups is 1. The Balaban J connectivity index is 1.33. The maximum absolute atomic E-state index is 12.5. The van der Waals surface area contributed by atoms with Crippen molar-refractivity contribution in [3.8, 4) is 5.69 Å². The third kappa shape index (κ3) is 5.52. The lowest BCUT2D eigenvalue weighted by Gasteiger charge is -2.26. The summed E-state index contributed by atoms with van der Waals surface area (Å²) in [6.07, 6.45) is 0. The minimum Gasteiger partial charge on any atom is -0.379 e. The fourth-order valence-electron chi connectivity index (χ4n) is 3.57. The molecule has 0 radical (unpaired) electrons. The van der Waals surface area contributed by atoms with Crippen molar-refractivity contribution in [1.82, 2.24) is 19.7 Å². The molecular weight excluding hydrogens is 410 g/mol. The first-order chi connectivity index (χ1) is 15.1. The van der Waals surface area contributed by atoms with Gasteiger partial charge in [0.25, 0.3) is 0 Å². The second kappa shape index (κ2) is 10.1. The number of carbonyl (C=O) groups excluding carboxylic acids is 1. The number of aryl methyl sites for hydroxylation is 2. The number of benzene rings is 2. The van der Waals surface area contributed by atoms with E-state index in [1.54, 1.807) is 0 Å². The molecule has 7 nitrogen and oxygen atoms in total. The first kappa shape index (κ1) is 21.5. The van der Waals surface area contributed by atoms with E-state index >= 15 is 0 Å². The largest absolute Gasteiger partial charge is 0.379 e. The first-order valence-electron chi connectivity index (χ1n) is 10.4. The van der Waals surface area contributed by atoms with Gasteiger partial charge in [-0.1, -0.05) is 42.1 Å². The highest BCUT2D eigenvalue weighted by Crippen LogP contribution is 2.24. The van der Waals surface area contributed by atoms with Crippen molar-refractivity contribution >= 4 is 23.4 Å². The Kier molecular flexibility index (Phi) is 7.01. The molecule has 8 heteroatoms. The average Bonchev–Trinajstić information content (AvgIpc) is 3.15. The molecule has 0 spiro atoms. The summed E-state index contributed by atoms with van der Waals surface area (Å²) in [5.74, 6) is 0.996. The predicted octanol–water partition coefficient (Wildman–Crippen LogP) is 3.45. The van der Waals surface area contributed by atoms with Crippen molar-refractivity contribution in [3.63, 3.8) is 0 Å². The number of morpholine rings is 1. The molecule has 2 heterocycles. The van der Waals surface area contributed by atoms with Crippen LogP contribution in [0.4, 0.5) is 5.69 Å².